The Hall–Kier alpha value is -0.540. The number of aliphatic hydroxyl groups excluding tert-OH is 1. The molecule has 0 saturated heterocycles. The number of hydrogen-bond acceptors (Lipinski definition) is 2. The van der Waals surface area contributed by atoms with E-state index in [-0.39, 0.29) is 36.2 Å². The van der Waals surface area contributed by atoms with E-state index in [4.69, 9.17) is 9.84 Å². The van der Waals surface area contributed by atoms with Crippen LogP contribution < -0.4 is 4.74 Å². The second-order valence-corrected chi connectivity index (χ2v) is 3.05. The molecule has 0 aliphatic carbocycles. The van der Waals surface area contributed by atoms with E-state index < -0.39 is 0 Å². The molecule has 0 heterocycles. The van der Waals surface area contributed by atoms with Crippen LogP contribution in [0.2, 0.25) is 0 Å². The van der Waals surface area contributed by atoms with E-state index in [0.717, 1.165) is 16.5 Å². The minimum Gasteiger partial charge on any atom is -0.491 e. The monoisotopic (exact) mass is 211 g/mol. The van der Waals surface area contributed by atoms with E-state index in [0.29, 0.717) is 6.61 Å². The van der Waals surface area contributed by atoms with Gasteiger partial charge in [-0.15, -0.1) is 0 Å². The minimum absolute atomic E-state index is 0. The van der Waals surface area contributed by atoms with Crippen LogP contribution in [0, 0.1) is 0 Å². The van der Waals surface area contributed by atoms with Crippen LogP contribution in [0.15, 0.2) is 42.5 Å². The van der Waals surface area contributed by atoms with E-state index in [9.17, 15) is 0 Å². The van der Waals surface area contributed by atoms with Gasteiger partial charge in [-0.3, -0.25) is 0 Å². The maximum atomic E-state index is 8.67. The van der Waals surface area contributed by atoms with Gasteiger partial charge in [-0.25, -0.2) is 0 Å². The van der Waals surface area contributed by atoms with Crippen molar-refractivity contribution >= 4 is 40.3 Å². The number of rotatable bonds is 3. The smallest absolute Gasteiger partial charge is 0.127 e. The molecule has 0 amide bonds. The standard InChI is InChI=1S/C12H12O2.Na/c13-8-9-14-12-7-3-5-10-4-1-2-6-11(10)12;/h1-7,13H,8-9H2;. The molecule has 2 nitrogen and oxygen atoms in total. The third-order valence-electron chi connectivity index (χ3n) is 2.10. The van der Waals surface area contributed by atoms with Crippen molar-refractivity contribution < 1.29 is 9.84 Å². The van der Waals surface area contributed by atoms with Crippen molar-refractivity contribution in [3.8, 4) is 5.75 Å². The van der Waals surface area contributed by atoms with Crippen LogP contribution in [0.3, 0.4) is 0 Å². The predicted molar refractivity (Wildman–Crippen MR) is 62.3 cm³/mol. The molecule has 0 fully saturated rings. The van der Waals surface area contributed by atoms with Crippen molar-refractivity contribution in [2.24, 2.45) is 0 Å². The number of hydrogen-bond donors (Lipinski definition) is 1. The zero-order valence-electron chi connectivity index (χ0n) is 8.81. The van der Waals surface area contributed by atoms with E-state index in [1.807, 2.05) is 42.5 Å². The summed E-state index contributed by atoms with van der Waals surface area (Å²) in [7, 11) is 0. The van der Waals surface area contributed by atoms with Crippen LogP contribution in [0.1, 0.15) is 0 Å². The maximum absolute atomic E-state index is 8.67. The van der Waals surface area contributed by atoms with Gasteiger partial charge in [0.25, 0.3) is 0 Å². The van der Waals surface area contributed by atoms with Crippen molar-refractivity contribution in [2.75, 3.05) is 13.2 Å². The molecule has 2 aromatic carbocycles. The predicted octanol–water partition coefficient (Wildman–Crippen LogP) is 1.83. The fourth-order valence-electron chi connectivity index (χ4n) is 1.48. The molecule has 1 N–H and O–H groups in total. The van der Waals surface area contributed by atoms with Crippen LogP contribution in [0.25, 0.3) is 10.8 Å². The summed E-state index contributed by atoms with van der Waals surface area (Å²) in [6.07, 6.45) is 0. The Morgan fingerprint density at radius 2 is 1.73 bits per heavy atom. The van der Waals surface area contributed by atoms with Gasteiger partial charge in [0.05, 0.1) is 6.61 Å². The van der Waals surface area contributed by atoms with Crippen molar-refractivity contribution in [2.45, 2.75) is 0 Å². The molecule has 0 unspecified atom stereocenters. The zero-order valence-corrected chi connectivity index (χ0v) is 10.8. The van der Waals surface area contributed by atoms with Gasteiger partial charge in [0.2, 0.25) is 0 Å². The molecule has 2 rings (SSSR count). The topological polar surface area (TPSA) is 29.5 Å². The summed E-state index contributed by atoms with van der Waals surface area (Å²) in [5.41, 5.74) is 0. The molecule has 0 bridgehead atoms. The van der Waals surface area contributed by atoms with Gasteiger partial charge < -0.3 is 9.84 Å². The fourth-order valence-corrected chi connectivity index (χ4v) is 1.48. The van der Waals surface area contributed by atoms with Crippen LogP contribution in [-0.2, 0) is 0 Å². The summed E-state index contributed by atoms with van der Waals surface area (Å²) in [6, 6.07) is 13.9. The molecule has 0 saturated carbocycles. The third kappa shape index (κ3) is 2.95. The van der Waals surface area contributed by atoms with E-state index in [1.165, 1.54) is 0 Å². The molecule has 0 spiro atoms. The van der Waals surface area contributed by atoms with E-state index in [2.05, 4.69) is 0 Å². The first-order valence-corrected chi connectivity index (χ1v) is 4.63. The second-order valence-electron chi connectivity index (χ2n) is 3.05. The normalized spacial score (nSPS) is 9.67. The van der Waals surface area contributed by atoms with Gasteiger partial charge in [-0.1, -0.05) is 36.4 Å². The number of ether oxygens (including phenoxy) is 1. The Balaban J connectivity index is 0.00000112. The maximum Gasteiger partial charge on any atom is 0.127 e. The third-order valence-corrected chi connectivity index (χ3v) is 2.10. The molecule has 0 aliphatic rings. The van der Waals surface area contributed by atoms with Crippen molar-refractivity contribution in [3.63, 3.8) is 0 Å². The Kier molecular flexibility index (Phi) is 5.12. The van der Waals surface area contributed by atoms with Gasteiger partial charge in [-0.2, -0.15) is 0 Å². The van der Waals surface area contributed by atoms with Crippen molar-refractivity contribution in [3.05, 3.63) is 42.5 Å². The second kappa shape index (κ2) is 6.13. The molecule has 2 aromatic rings. The Bertz CT molecular complexity index is 423. The molecule has 0 atom stereocenters. The number of benzene rings is 2. The first-order valence-electron chi connectivity index (χ1n) is 4.63. The Morgan fingerprint density at radius 3 is 2.53 bits per heavy atom. The largest absolute Gasteiger partial charge is 0.491 e. The average molecular weight is 211 g/mol. The van der Waals surface area contributed by atoms with Gasteiger partial charge >= 0.3 is 0 Å². The molecule has 0 aromatic heterocycles. The Morgan fingerprint density at radius 1 is 1.00 bits per heavy atom. The molecule has 73 valence electrons. The molecule has 3 heteroatoms. The molecular formula is C12H12NaO2. The first kappa shape index (κ1) is 12.5. The summed E-state index contributed by atoms with van der Waals surface area (Å²) in [4.78, 5) is 0. The minimum atomic E-state index is 0. The summed E-state index contributed by atoms with van der Waals surface area (Å²) in [5, 5.41) is 10.9. The first-order chi connectivity index (χ1) is 6.92. The number of aliphatic hydroxyl groups is 1. The summed E-state index contributed by atoms with van der Waals surface area (Å²) in [5.74, 6) is 0.831. The fraction of sp³-hybridized carbons (Fsp3) is 0.167. The van der Waals surface area contributed by atoms with Crippen LogP contribution in [0.5, 0.6) is 5.75 Å². The van der Waals surface area contributed by atoms with Gasteiger partial charge in [0.1, 0.15) is 12.4 Å². The average Bonchev–Trinajstić information content (AvgIpc) is 2.26. The summed E-state index contributed by atoms with van der Waals surface area (Å²) in [6.45, 7) is 0.386. The SMILES string of the molecule is OCCOc1cccc2ccccc12.[Na]. The van der Waals surface area contributed by atoms with Gasteiger partial charge in [-0.05, 0) is 11.5 Å². The summed E-state index contributed by atoms with van der Waals surface area (Å²) >= 11 is 0. The van der Waals surface area contributed by atoms with Crippen LogP contribution in [-0.4, -0.2) is 47.9 Å². The molecular weight excluding hydrogens is 199 g/mol. The molecule has 0 aliphatic heterocycles. The molecule has 15 heavy (non-hydrogen) atoms. The van der Waals surface area contributed by atoms with E-state index >= 15 is 0 Å². The van der Waals surface area contributed by atoms with Crippen molar-refractivity contribution in [1.82, 2.24) is 0 Å². The van der Waals surface area contributed by atoms with Crippen molar-refractivity contribution in [1.29, 1.82) is 0 Å². The Labute approximate surface area is 111 Å². The van der Waals surface area contributed by atoms with Gasteiger partial charge in [0.15, 0.2) is 0 Å². The number of fused-ring (bicyclic) bond motifs is 1. The quantitative estimate of drug-likeness (QED) is 0.785. The van der Waals surface area contributed by atoms with E-state index in [1.54, 1.807) is 0 Å². The van der Waals surface area contributed by atoms with Crippen LogP contribution in [0.4, 0.5) is 0 Å². The molecule has 1 radical (unpaired) electrons. The zero-order chi connectivity index (χ0) is 9.80. The van der Waals surface area contributed by atoms with Gasteiger partial charge in [0, 0.05) is 34.9 Å². The summed E-state index contributed by atoms with van der Waals surface area (Å²) < 4.78 is 5.42. The van der Waals surface area contributed by atoms with Crippen LogP contribution >= 0.6 is 0 Å².